The van der Waals surface area contributed by atoms with Crippen molar-refractivity contribution in [2.75, 3.05) is 31.1 Å². The molecule has 0 saturated carbocycles. The molecule has 0 bridgehead atoms. The van der Waals surface area contributed by atoms with Crippen molar-refractivity contribution in [2.24, 2.45) is 5.73 Å². The summed E-state index contributed by atoms with van der Waals surface area (Å²) in [5.41, 5.74) is 8.02. The summed E-state index contributed by atoms with van der Waals surface area (Å²) in [6.07, 6.45) is 0. The molecule has 0 unspecified atom stereocenters. The van der Waals surface area contributed by atoms with E-state index in [-0.39, 0.29) is 24.1 Å². The van der Waals surface area contributed by atoms with Crippen LogP contribution in [0.5, 0.6) is 0 Å². The Kier molecular flexibility index (Phi) is 6.93. The molecule has 27 heavy (non-hydrogen) atoms. The first-order chi connectivity index (χ1) is 12.5. The Labute approximate surface area is 164 Å². The topological polar surface area (TPSA) is 66.6 Å². The maximum Gasteiger partial charge on any atom is 0.253 e. The minimum Gasteiger partial charge on any atom is -0.366 e. The van der Waals surface area contributed by atoms with E-state index in [9.17, 15) is 14.0 Å². The first-order valence-electron chi connectivity index (χ1n) is 8.63. The lowest BCUT2D eigenvalue weighted by Gasteiger charge is -2.36. The summed E-state index contributed by atoms with van der Waals surface area (Å²) < 4.78 is 14.3. The number of hydrogen-bond acceptors (Lipinski definition) is 4. The molecule has 1 heterocycles. The highest BCUT2D eigenvalue weighted by Gasteiger charge is 2.24. The largest absolute Gasteiger partial charge is 0.366 e. The Bertz CT molecular complexity index is 818. The van der Waals surface area contributed by atoms with Gasteiger partial charge in [-0.1, -0.05) is 12.1 Å². The second kappa shape index (κ2) is 8.97. The van der Waals surface area contributed by atoms with Crippen LogP contribution in [0.25, 0.3) is 0 Å². The number of ketones is 1. The van der Waals surface area contributed by atoms with Crippen LogP contribution in [0.4, 0.5) is 10.1 Å². The minimum absolute atomic E-state index is 0. The zero-order chi connectivity index (χ0) is 18.7. The smallest absolute Gasteiger partial charge is 0.253 e. The number of carbonyl (C=O) groups excluding carboxylic acids is 2. The zero-order valence-electron chi connectivity index (χ0n) is 15.2. The van der Waals surface area contributed by atoms with E-state index in [1.54, 1.807) is 29.2 Å². The molecule has 1 saturated heterocycles. The van der Waals surface area contributed by atoms with Gasteiger partial charge in [0.15, 0.2) is 5.78 Å². The Morgan fingerprint density at radius 2 is 1.59 bits per heavy atom. The molecule has 0 spiro atoms. The molecule has 3 rings (SSSR count). The lowest BCUT2D eigenvalue weighted by molar-refractivity contribution is 0.0746. The van der Waals surface area contributed by atoms with Crippen LogP contribution in [0, 0.1) is 5.82 Å². The molecule has 0 atom stereocenters. The lowest BCUT2D eigenvalue weighted by atomic mass is 10.1. The van der Waals surface area contributed by atoms with Gasteiger partial charge < -0.3 is 15.5 Å². The summed E-state index contributed by atoms with van der Waals surface area (Å²) in [4.78, 5) is 27.6. The number of rotatable bonds is 4. The van der Waals surface area contributed by atoms with Gasteiger partial charge in [0.1, 0.15) is 5.82 Å². The van der Waals surface area contributed by atoms with E-state index in [0.29, 0.717) is 49.5 Å². The molecule has 0 aromatic heterocycles. The molecule has 0 radical (unpaired) electrons. The summed E-state index contributed by atoms with van der Waals surface area (Å²) in [6.45, 7) is 3.99. The van der Waals surface area contributed by atoms with Crippen molar-refractivity contribution in [2.45, 2.75) is 13.5 Å². The molecular weight excluding hydrogens is 369 g/mol. The van der Waals surface area contributed by atoms with Crippen molar-refractivity contribution in [1.29, 1.82) is 0 Å². The number of Topliss-reactive ketones (excluding diaryl/α,β-unsaturated/α-hetero) is 1. The fourth-order valence-corrected chi connectivity index (χ4v) is 3.10. The molecule has 2 aromatic carbocycles. The van der Waals surface area contributed by atoms with Gasteiger partial charge in [0.05, 0.1) is 5.69 Å². The van der Waals surface area contributed by atoms with E-state index in [4.69, 9.17) is 5.73 Å². The van der Waals surface area contributed by atoms with Gasteiger partial charge in [-0.25, -0.2) is 4.39 Å². The average Bonchev–Trinajstić information content (AvgIpc) is 2.67. The van der Waals surface area contributed by atoms with Crippen LogP contribution in [0.1, 0.15) is 33.2 Å². The molecule has 1 aliphatic rings. The average molecular weight is 392 g/mol. The summed E-state index contributed by atoms with van der Waals surface area (Å²) in [7, 11) is 0. The SMILES string of the molecule is CC(=O)c1ccc(N2CCN(C(=O)c3ccc(CN)cc3)CC2)c(F)c1.Cl. The van der Waals surface area contributed by atoms with Gasteiger partial charge in [0.25, 0.3) is 5.91 Å². The number of nitrogens with two attached hydrogens (primary N) is 1. The van der Waals surface area contributed by atoms with Crippen molar-refractivity contribution in [1.82, 2.24) is 4.90 Å². The standard InChI is InChI=1S/C20H22FN3O2.ClH/c1-14(25)17-6-7-19(18(21)12-17)23-8-10-24(11-9-23)20(26)16-4-2-15(13-22)3-5-16;/h2-7,12H,8-11,13,22H2,1H3;1H. The number of benzene rings is 2. The molecule has 2 N–H and O–H groups in total. The fraction of sp³-hybridized carbons (Fsp3) is 0.300. The van der Waals surface area contributed by atoms with E-state index < -0.39 is 5.82 Å². The minimum atomic E-state index is -0.408. The van der Waals surface area contributed by atoms with Crippen LogP contribution >= 0.6 is 12.4 Å². The molecule has 1 aliphatic heterocycles. The van der Waals surface area contributed by atoms with Crippen LogP contribution in [0.2, 0.25) is 0 Å². The monoisotopic (exact) mass is 391 g/mol. The van der Waals surface area contributed by atoms with Crippen molar-refractivity contribution >= 4 is 29.8 Å². The van der Waals surface area contributed by atoms with Crippen LogP contribution in [-0.2, 0) is 6.54 Å². The molecule has 144 valence electrons. The predicted molar refractivity (Wildman–Crippen MR) is 106 cm³/mol. The van der Waals surface area contributed by atoms with Gasteiger partial charge in [-0.05, 0) is 42.8 Å². The first kappa shape index (κ1) is 20.9. The highest BCUT2D eigenvalue weighted by molar-refractivity contribution is 5.95. The number of halogens is 2. The third-order valence-corrected chi connectivity index (χ3v) is 4.70. The number of carbonyl (C=O) groups is 2. The Morgan fingerprint density at radius 3 is 2.11 bits per heavy atom. The molecule has 5 nitrogen and oxygen atoms in total. The quantitative estimate of drug-likeness (QED) is 0.814. The fourth-order valence-electron chi connectivity index (χ4n) is 3.10. The number of amides is 1. The van der Waals surface area contributed by atoms with Gasteiger partial charge in [0, 0.05) is 43.9 Å². The van der Waals surface area contributed by atoms with Crippen LogP contribution < -0.4 is 10.6 Å². The van der Waals surface area contributed by atoms with Gasteiger partial charge >= 0.3 is 0 Å². The second-order valence-electron chi connectivity index (χ2n) is 6.40. The van der Waals surface area contributed by atoms with Crippen molar-refractivity contribution in [3.05, 3.63) is 65.0 Å². The molecule has 7 heteroatoms. The van der Waals surface area contributed by atoms with Crippen molar-refractivity contribution in [3.8, 4) is 0 Å². The van der Waals surface area contributed by atoms with E-state index in [1.165, 1.54) is 13.0 Å². The second-order valence-corrected chi connectivity index (χ2v) is 6.40. The summed E-state index contributed by atoms with van der Waals surface area (Å²) in [6, 6.07) is 11.8. The van der Waals surface area contributed by atoms with E-state index in [2.05, 4.69) is 0 Å². The predicted octanol–water partition coefficient (Wildman–Crippen LogP) is 2.87. The van der Waals surface area contributed by atoms with E-state index >= 15 is 0 Å². The lowest BCUT2D eigenvalue weighted by Crippen LogP contribution is -2.49. The van der Waals surface area contributed by atoms with Crippen LogP contribution in [0.3, 0.4) is 0 Å². The highest BCUT2D eigenvalue weighted by atomic mass is 35.5. The van der Waals surface area contributed by atoms with Gasteiger partial charge in [0.2, 0.25) is 0 Å². The Balaban J connectivity index is 0.00000261. The highest BCUT2D eigenvalue weighted by Crippen LogP contribution is 2.23. The third kappa shape index (κ3) is 4.64. The molecule has 1 fully saturated rings. The Hall–Kier alpha value is -2.44. The van der Waals surface area contributed by atoms with Crippen LogP contribution in [-0.4, -0.2) is 42.8 Å². The van der Waals surface area contributed by atoms with E-state index in [0.717, 1.165) is 5.56 Å². The molecule has 2 aromatic rings. The number of piperazine rings is 1. The van der Waals surface area contributed by atoms with Crippen molar-refractivity contribution < 1.29 is 14.0 Å². The number of hydrogen-bond donors (Lipinski definition) is 1. The summed E-state index contributed by atoms with van der Waals surface area (Å²) in [5, 5.41) is 0. The maximum atomic E-state index is 14.3. The number of anilines is 1. The van der Waals surface area contributed by atoms with Crippen molar-refractivity contribution in [3.63, 3.8) is 0 Å². The van der Waals surface area contributed by atoms with E-state index in [1.807, 2.05) is 17.0 Å². The maximum absolute atomic E-state index is 14.3. The third-order valence-electron chi connectivity index (χ3n) is 4.70. The first-order valence-corrected chi connectivity index (χ1v) is 8.63. The number of nitrogens with zero attached hydrogens (tertiary/aromatic N) is 2. The van der Waals surface area contributed by atoms with Gasteiger partial charge in [-0.15, -0.1) is 12.4 Å². The van der Waals surface area contributed by atoms with Gasteiger partial charge in [-0.2, -0.15) is 0 Å². The normalized spacial score (nSPS) is 13.9. The molecule has 0 aliphatic carbocycles. The summed E-state index contributed by atoms with van der Waals surface area (Å²) in [5.74, 6) is -0.595. The Morgan fingerprint density at radius 1 is 1.00 bits per heavy atom. The molecular formula is C20H23ClFN3O2. The molecule has 1 amide bonds. The van der Waals surface area contributed by atoms with Gasteiger partial charge in [-0.3, -0.25) is 9.59 Å². The summed E-state index contributed by atoms with van der Waals surface area (Å²) >= 11 is 0. The zero-order valence-corrected chi connectivity index (χ0v) is 16.0. The van der Waals surface area contributed by atoms with Crippen LogP contribution in [0.15, 0.2) is 42.5 Å².